The molecule has 3 aromatic carbocycles. The number of amides is 2. The topological polar surface area (TPSA) is 131 Å². The van der Waals surface area contributed by atoms with Crippen LogP contribution in [0, 0.1) is 0 Å². The van der Waals surface area contributed by atoms with Gasteiger partial charge in [0.15, 0.2) is 0 Å². The van der Waals surface area contributed by atoms with E-state index in [0.717, 1.165) is 27.8 Å². The van der Waals surface area contributed by atoms with Gasteiger partial charge < -0.3 is 25.2 Å². The number of carbonyl (C=O) groups excluding carboxylic acids is 3. The van der Waals surface area contributed by atoms with Gasteiger partial charge in [-0.3, -0.25) is 14.4 Å². The lowest BCUT2D eigenvalue weighted by Gasteiger charge is -2.21. The standard InChI is InChI=1S/C30H30N2O7/c1-19(15-27(33)34)31-29(36)26(16-28(35)38-17-20-9-3-2-4-10-20)32-30(37)39-18-25-23-13-7-5-11-21(23)22-12-6-8-14-24(22)25/h2-14,19,25-26H,15-18H2,1H3,(H,31,36)(H,32,37)(H,33,34)/t19-,26+/m1/s1. The zero-order valence-electron chi connectivity index (χ0n) is 21.5. The zero-order valence-corrected chi connectivity index (χ0v) is 21.5. The molecule has 2 atom stereocenters. The summed E-state index contributed by atoms with van der Waals surface area (Å²) in [5.41, 5.74) is 4.99. The summed E-state index contributed by atoms with van der Waals surface area (Å²) in [7, 11) is 0. The summed E-state index contributed by atoms with van der Waals surface area (Å²) in [6.07, 6.45) is -1.65. The van der Waals surface area contributed by atoms with Crippen molar-refractivity contribution in [1.29, 1.82) is 0 Å². The lowest BCUT2D eigenvalue weighted by molar-refractivity contribution is -0.147. The number of nitrogens with one attached hydrogen (secondary N) is 2. The second-order valence-electron chi connectivity index (χ2n) is 9.38. The van der Waals surface area contributed by atoms with E-state index in [-0.39, 0.29) is 25.6 Å². The monoisotopic (exact) mass is 530 g/mol. The number of fused-ring (bicyclic) bond motifs is 3. The van der Waals surface area contributed by atoms with Gasteiger partial charge in [-0.25, -0.2) is 4.79 Å². The van der Waals surface area contributed by atoms with Crippen molar-refractivity contribution in [1.82, 2.24) is 10.6 Å². The molecule has 0 heterocycles. The van der Waals surface area contributed by atoms with Gasteiger partial charge >= 0.3 is 18.0 Å². The van der Waals surface area contributed by atoms with Gasteiger partial charge in [-0.2, -0.15) is 0 Å². The van der Waals surface area contributed by atoms with Gasteiger partial charge in [0.25, 0.3) is 0 Å². The van der Waals surface area contributed by atoms with E-state index in [2.05, 4.69) is 10.6 Å². The lowest BCUT2D eigenvalue weighted by Crippen LogP contribution is -2.50. The van der Waals surface area contributed by atoms with E-state index in [9.17, 15) is 19.2 Å². The molecule has 39 heavy (non-hydrogen) atoms. The van der Waals surface area contributed by atoms with Gasteiger partial charge in [-0.1, -0.05) is 78.9 Å². The number of esters is 1. The first-order chi connectivity index (χ1) is 18.8. The highest BCUT2D eigenvalue weighted by molar-refractivity contribution is 5.90. The molecule has 0 saturated carbocycles. The first-order valence-electron chi connectivity index (χ1n) is 12.6. The number of rotatable bonds is 11. The Hall–Kier alpha value is -4.66. The summed E-state index contributed by atoms with van der Waals surface area (Å²) in [6, 6.07) is 22.8. The van der Waals surface area contributed by atoms with Crippen LogP contribution in [0.5, 0.6) is 0 Å². The van der Waals surface area contributed by atoms with Crippen LogP contribution in [0.1, 0.15) is 42.4 Å². The normalized spacial score (nSPS) is 13.4. The Morgan fingerprint density at radius 3 is 2.00 bits per heavy atom. The van der Waals surface area contributed by atoms with Crippen LogP contribution in [0.3, 0.4) is 0 Å². The van der Waals surface area contributed by atoms with Crippen LogP contribution in [0.25, 0.3) is 11.1 Å². The third-order valence-corrected chi connectivity index (χ3v) is 6.44. The van der Waals surface area contributed by atoms with Gasteiger partial charge in [0, 0.05) is 12.0 Å². The predicted molar refractivity (Wildman–Crippen MR) is 143 cm³/mol. The molecule has 1 aliphatic carbocycles. The highest BCUT2D eigenvalue weighted by Crippen LogP contribution is 2.44. The maximum absolute atomic E-state index is 12.9. The number of hydrogen-bond donors (Lipinski definition) is 3. The molecule has 9 nitrogen and oxygen atoms in total. The van der Waals surface area contributed by atoms with Gasteiger partial charge in [0.2, 0.25) is 5.91 Å². The molecule has 0 aliphatic heterocycles. The third-order valence-electron chi connectivity index (χ3n) is 6.44. The lowest BCUT2D eigenvalue weighted by atomic mass is 9.98. The van der Waals surface area contributed by atoms with Crippen LogP contribution < -0.4 is 10.6 Å². The first-order valence-corrected chi connectivity index (χ1v) is 12.6. The Morgan fingerprint density at radius 1 is 0.795 bits per heavy atom. The quantitative estimate of drug-likeness (QED) is 0.319. The van der Waals surface area contributed by atoms with Crippen molar-refractivity contribution in [3.63, 3.8) is 0 Å². The summed E-state index contributed by atoms with van der Waals surface area (Å²) in [6.45, 7) is 1.56. The highest BCUT2D eigenvalue weighted by atomic mass is 16.5. The molecular formula is C30H30N2O7. The van der Waals surface area contributed by atoms with Crippen molar-refractivity contribution < 1.29 is 33.8 Å². The van der Waals surface area contributed by atoms with E-state index in [1.165, 1.54) is 6.92 Å². The molecule has 9 heteroatoms. The van der Waals surface area contributed by atoms with Crippen molar-refractivity contribution >= 4 is 23.9 Å². The summed E-state index contributed by atoms with van der Waals surface area (Å²) in [5, 5.41) is 14.0. The summed E-state index contributed by atoms with van der Waals surface area (Å²) < 4.78 is 10.8. The number of alkyl carbamates (subject to hydrolysis) is 1. The van der Waals surface area contributed by atoms with Gasteiger partial charge in [-0.15, -0.1) is 0 Å². The zero-order chi connectivity index (χ0) is 27.8. The van der Waals surface area contributed by atoms with E-state index in [1.807, 2.05) is 66.7 Å². The van der Waals surface area contributed by atoms with E-state index in [0.29, 0.717) is 0 Å². The molecule has 3 N–H and O–H groups in total. The van der Waals surface area contributed by atoms with Gasteiger partial charge in [0.1, 0.15) is 19.3 Å². The summed E-state index contributed by atoms with van der Waals surface area (Å²) in [4.78, 5) is 49.2. The van der Waals surface area contributed by atoms with E-state index < -0.39 is 42.4 Å². The predicted octanol–water partition coefficient (Wildman–Crippen LogP) is 4.01. The fourth-order valence-electron chi connectivity index (χ4n) is 4.61. The van der Waals surface area contributed by atoms with E-state index in [4.69, 9.17) is 14.6 Å². The van der Waals surface area contributed by atoms with Crippen molar-refractivity contribution in [2.75, 3.05) is 6.61 Å². The number of ether oxygens (including phenoxy) is 2. The third kappa shape index (κ3) is 7.22. The van der Waals surface area contributed by atoms with Crippen LogP contribution in [-0.4, -0.2) is 47.7 Å². The molecule has 4 rings (SSSR count). The van der Waals surface area contributed by atoms with Gasteiger partial charge in [0.05, 0.1) is 12.8 Å². The molecule has 202 valence electrons. The summed E-state index contributed by atoms with van der Waals surface area (Å²) in [5.74, 6) is -2.69. The molecule has 0 bridgehead atoms. The molecular weight excluding hydrogens is 500 g/mol. The average molecular weight is 531 g/mol. The Labute approximate surface area is 226 Å². The van der Waals surface area contributed by atoms with Crippen LogP contribution >= 0.6 is 0 Å². The fourth-order valence-corrected chi connectivity index (χ4v) is 4.61. The van der Waals surface area contributed by atoms with Crippen molar-refractivity contribution in [2.24, 2.45) is 0 Å². The number of carboxylic acids is 1. The molecule has 2 amide bonds. The maximum Gasteiger partial charge on any atom is 0.407 e. The minimum atomic E-state index is -1.32. The Bertz CT molecular complexity index is 1300. The van der Waals surface area contributed by atoms with E-state index in [1.54, 1.807) is 12.1 Å². The molecule has 0 aromatic heterocycles. The minimum Gasteiger partial charge on any atom is -0.481 e. The van der Waals surface area contributed by atoms with Crippen LogP contribution in [-0.2, 0) is 30.5 Å². The number of benzene rings is 3. The number of carboxylic acid groups (broad SMARTS) is 1. The Kier molecular flexibility index (Phi) is 8.94. The first kappa shape index (κ1) is 27.4. The number of hydrogen-bond acceptors (Lipinski definition) is 6. The molecule has 1 aliphatic rings. The average Bonchev–Trinajstić information content (AvgIpc) is 3.24. The molecule has 3 aromatic rings. The molecule has 0 saturated heterocycles. The Morgan fingerprint density at radius 2 is 1.38 bits per heavy atom. The maximum atomic E-state index is 12.9. The summed E-state index contributed by atoms with van der Waals surface area (Å²) >= 11 is 0. The molecule has 0 spiro atoms. The van der Waals surface area contributed by atoms with Crippen molar-refractivity contribution in [3.8, 4) is 11.1 Å². The van der Waals surface area contributed by atoms with Crippen molar-refractivity contribution in [2.45, 2.75) is 44.4 Å². The van der Waals surface area contributed by atoms with Crippen LogP contribution in [0.4, 0.5) is 4.79 Å². The fraction of sp³-hybridized carbons (Fsp3) is 0.267. The smallest absolute Gasteiger partial charge is 0.407 e. The molecule has 0 fully saturated rings. The second-order valence-corrected chi connectivity index (χ2v) is 9.38. The van der Waals surface area contributed by atoms with E-state index >= 15 is 0 Å². The molecule has 0 radical (unpaired) electrons. The van der Waals surface area contributed by atoms with Gasteiger partial charge in [-0.05, 0) is 34.7 Å². The molecule has 0 unspecified atom stereocenters. The highest BCUT2D eigenvalue weighted by Gasteiger charge is 2.31. The number of carbonyl (C=O) groups is 4. The SMILES string of the molecule is C[C@H](CC(=O)O)NC(=O)[C@H](CC(=O)OCc1ccccc1)NC(=O)OCC1c2ccccc2-c2ccccc21. The van der Waals surface area contributed by atoms with Crippen LogP contribution in [0.15, 0.2) is 78.9 Å². The van der Waals surface area contributed by atoms with Crippen LogP contribution in [0.2, 0.25) is 0 Å². The number of aliphatic carboxylic acids is 1. The largest absolute Gasteiger partial charge is 0.481 e. The Balaban J connectivity index is 1.40. The second kappa shape index (κ2) is 12.7. The minimum absolute atomic E-state index is 0.00831. The van der Waals surface area contributed by atoms with Crippen molar-refractivity contribution in [3.05, 3.63) is 95.6 Å².